The number of rotatable bonds is 8. The third-order valence-electron chi connectivity index (χ3n) is 6.33. The molecule has 5 nitrogen and oxygen atoms in total. The molecule has 1 saturated heterocycles. The van der Waals surface area contributed by atoms with Gasteiger partial charge in [0.15, 0.2) is 0 Å². The van der Waals surface area contributed by atoms with Crippen LogP contribution in [0.15, 0.2) is 78.9 Å². The Morgan fingerprint density at radius 3 is 1.94 bits per heavy atom. The average Bonchev–Trinajstić information content (AvgIpc) is 2.87. The molecule has 0 spiro atoms. The van der Waals surface area contributed by atoms with Crippen molar-refractivity contribution in [1.82, 2.24) is 9.21 Å². The first-order valence-corrected chi connectivity index (χ1v) is 13.6. The van der Waals surface area contributed by atoms with E-state index in [1.165, 1.54) is 22.5 Å². The summed E-state index contributed by atoms with van der Waals surface area (Å²) < 4.78 is 41.4. The highest BCUT2D eigenvalue weighted by atomic mass is 35.5. The highest BCUT2D eigenvalue weighted by Gasteiger charge is 2.34. The first-order chi connectivity index (χ1) is 16.8. The van der Waals surface area contributed by atoms with Crippen molar-refractivity contribution in [1.29, 1.82) is 0 Å². The fourth-order valence-corrected chi connectivity index (χ4v) is 6.32. The lowest BCUT2D eigenvalue weighted by Gasteiger charge is -2.34. The van der Waals surface area contributed by atoms with Gasteiger partial charge in [0, 0.05) is 42.7 Å². The summed E-state index contributed by atoms with van der Waals surface area (Å²) in [6, 6.07) is 23.8. The minimum Gasteiger partial charge on any atom is -0.334 e. The number of amides is 1. The van der Waals surface area contributed by atoms with Crippen molar-refractivity contribution < 1.29 is 17.6 Å². The topological polar surface area (TPSA) is 57.7 Å². The summed E-state index contributed by atoms with van der Waals surface area (Å²) in [4.78, 5) is 15.4. The molecule has 35 heavy (non-hydrogen) atoms. The van der Waals surface area contributed by atoms with Crippen LogP contribution in [0.1, 0.15) is 29.5 Å². The molecule has 3 aromatic rings. The van der Waals surface area contributed by atoms with E-state index in [4.69, 9.17) is 11.6 Å². The number of piperidine rings is 1. The Hall–Kier alpha value is -2.74. The summed E-state index contributed by atoms with van der Waals surface area (Å²) in [6.45, 7) is 1.41. The maximum absolute atomic E-state index is 14.1. The second-order valence-corrected chi connectivity index (χ2v) is 11.2. The van der Waals surface area contributed by atoms with Crippen LogP contribution in [-0.2, 0) is 33.7 Å². The van der Waals surface area contributed by atoms with E-state index in [1.807, 2.05) is 65.6 Å². The largest absolute Gasteiger partial charge is 0.334 e. The van der Waals surface area contributed by atoms with Crippen molar-refractivity contribution in [3.8, 4) is 0 Å². The third-order valence-corrected chi connectivity index (χ3v) is 8.49. The molecule has 0 saturated carbocycles. The minimum atomic E-state index is -3.76. The Kier molecular flexibility index (Phi) is 8.21. The van der Waals surface area contributed by atoms with Crippen LogP contribution in [0.25, 0.3) is 0 Å². The van der Waals surface area contributed by atoms with Gasteiger partial charge in [-0.2, -0.15) is 0 Å². The van der Waals surface area contributed by atoms with Crippen LogP contribution < -0.4 is 0 Å². The van der Waals surface area contributed by atoms with Gasteiger partial charge in [0.25, 0.3) is 0 Å². The van der Waals surface area contributed by atoms with E-state index in [-0.39, 0.29) is 35.5 Å². The molecule has 0 aromatic heterocycles. The van der Waals surface area contributed by atoms with Crippen molar-refractivity contribution in [2.24, 2.45) is 5.92 Å². The number of hydrogen-bond acceptors (Lipinski definition) is 3. The summed E-state index contributed by atoms with van der Waals surface area (Å²) in [5, 5.41) is 0.0936. The SMILES string of the molecule is O=C(C1CCN(S(=O)(=O)Cc2c(F)cccc2Cl)CC1)N(Cc1ccccc1)Cc1ccccc1. The van der Waals surface area contributed by atoms with Gasteiger partial charge in [-0.05, 0) is 36.1 Å². The van der Waals surface area contributed by atoms with Crippen molar-refractivity contribution in [2.75, 3.05) is 13.1 Å². The molecular weight excluding hydrogens is 487 g/mol. The Labute approximate surface area is 211 Å². The van der Waals surface area contributed by atoms with Gasteiger partial charge in [0.05, 0.1) is 5.75 Å². The summed E-state index contributed by atoms with van der Waals surface area (Å²) in [6.07, 6.45) is 0.840. The number of benzene rings is 3. The van der Waals surface area contributed by atoms with Crippen molar-refractivity contribution in [3.05, 3.63) is 106 Å². The normalized spacial score (nSPS) is 15.1. The molecular formula is C27H28ClFN2O3S. The minimum absolute atomic E-state index is 0.0203. The summed E-state index contributed by atoms with van der Waals surface area (Å²) in [5.74, 6) is -1.38. The van der Waals surface area contributed by atoms with Crippen molar-refractivity contribution >= 4 is 27.5 Å². The number of hydrogen-bond donors (Lipinski definition) is 0. The molecule has 1 aliphatic heterocycles. The predicted octanol–water partition coefficient (Wildman–Crippen LogP) is 5.25. The average molecular weight is 515 g/mol. The van der Waals surface area contributed by atoms with Gasteiger partial charge in [0.1, 0.15) is 5.82 Å². The molecule has 1 amide bonds. The van der Waals surface area contributed by atoms with E-state index in [2.05, 4.69) is 0 Å². The first kappa shape index (κ1) is 25.4. The van der Waals surface area contributed by atoms with E-state index in [1.54, 1.807) is 0 Å². The number of sulfonamides is 1. The van der Waals surface area contributed by atoms with Gasteiger partial charge < -0.3 is 4.90 Å². The van der Waals surface area contributed by atoms with Crippen molar-refractivity contribution in [3.63, 3.8) is 0 Å². The van der Waals surface area contributed by atoms with E-state index in [0.717, 1.165) is 11.1 Å². The lowest BCUT2D eigenvalue weighted by molar-refractivity contribution is -0.138. The predicted molar refractivity (Wildman–Crippen MR) is 135 cm³/mol. The number of carbonyl (C=O) groups is 1. The molecule has 1 fully saturated rings. The van der Waals surface area contributed by atoms with Gasteiger partial charge in [-0.1, -0.05) is 78.3 Å². The number of nitrogens with zero attached hydrogens (tertiary/aromatic N) is 2. The third kappa shape index (κ3) is 6.48. The molecule has 0 radical (unpaired) electrons. The lowest BCUT2D eigenvalue weighted by Crippen LogP contribution is -2.44. The zero-order valence-corrected chi connectivity index (χ0v) is 20.9. The number of halogens is 2. The standard InChI is InChI=1S/C27H28ClFN2O3S/c28-25-12-7-13-26(29)24(25)20-35(33,34)31-16-14-23(15-17-31)27(32)30(18-21-8-3-1-4-9-21)19-22-10-5-2-6-11-22/h1-13,23H,14-20H2. The Balaban J connectivity index is 1.43. The van der Waals surface area contributed by atoms with Gasteiger partial charge in [-0.3, -0.25) is 4.79 Å². The molecule has 3 aromatic carbocycles. The molecule has 1 heterocycles. The van der Waals surface area contributed by atoms with Crippen LogP contribution in [0, 0.1) is 11.7 Å². The quantitative estimate of drug-likeness (QED) is 0.412. The summed E-state index contributed by atoms with van der Waals surface area (Å²) in [7, 11) is -3.76. The highest BCUT2D eigenvalue weighted by molar-refractivity contribution is 7.88. The second-order valence-electron chi connectivity index (χ2n) is 8.80. The fraction of sp³-hybridized carbons (Fsp3) is 0.296. The maximum atomic E-state index is 14.1. The lowest BCUT2D eigenvalue weighted by atomic mass is 9.96. The van der Waals surface area contributed by atoms with E-state index in [0.29, 0.717) is 25.9 Å². The number of carbonyl (C=O) groups excluding carboxylic acids is 1. The van der Waals surface area contributed by atoms with Crippen LogP contribution in [0.4, 0.5) is 4.39 Å². The van der Waals surface area contributed by atoms with E-state index < -0.39 is 21.6 Å². The van der Waals surface area contributed by atoms with Gasteiger partial charge >= 0.3 is 0 Å². The van der Waals surface area contributed by atoms with Crippen LogP contribution in [-0.4, -0.2) is 36.6 Å². The van der Waals surface area contributed by atoms with Crippen LogP contribution in [0.3, 0.4) is 0 Å². The summed E-state index contributed by atoms with van der Waals surface area (Å²) in [5.41, 5.74) is 2.06. The molecule has 4 rings (SSSR count). The Morgan fingerprint density at radius 1 is 0.886 bits per heavy atom. The van der Waals surface area contributed by atoms with Crippen LogP contribution in [0.2, 0.25) is 5.02 Å². The van der Waals surface area contributed by atoms with E-state index in [9.17, 15) is 17.6 Å². The first-order valence-electron chi connectivity index (χ1n) is 11.6. The molecule has 184 valence electrons. The van der Waals surface area contributed by atoms with E-state index >= 15 is 0 Å². The molecule has 0 bridgehead atoms. The molecule has 0 unspecified atom stereocenters. The second kappa shape index (κ2) is 11.3. The smallest absolute Gasteiger partial charge is 0.226 e. The highest BCUT2D eigenvalue weighted by Crippen LogP contribution is 2.27. The monoisotopic (exact) mass is 514 g/mol. The molecule has 0 aliphatic carbocycles. The van der Waals surface area contributed by atoms with Gasteiger partial charge in [-0.15, -0.1) is 0 Å². The zero-order chi connectivity index (χ0) is 24.8. The van der Waals surface area contributed by atoms with Crippen LogP contribution >= 0.6 is 11.6 Å². The fourth-order valence-electron chi connectivity index (χ4n) is 4.40. The zero-order valence-electron chi connectivity index (χ0n) is 19.3. The Bertz CT molecular complexity index is 1190. The van der Waals surface area contributed by atoms with Gasteiger partial charge in [0.2, 0.25) is 15.9 Å². The molecule has 1 aliphatic rings. The van der Waals surface area contributed by atoms with Crippen LogP contribution in [0.5, 0.6) is 0 Å². The van der Waals surface area contributed by atoms with Crippen molar-refractivity contribution in [2.45, 2.75) is 31.7 Å². The summed E-state index contributed by atoms with van der Waals surface area (Å²) >= 11 is 6.03. The molecule has 8 heteroatoms. The molecule has 0 atom stereocenters. The maximum Gasteiger partial charge on any atom is 0.226 e. The molecule has 0 N–H and O–H groups in total. The Morgan fingerprint density at radius 2 is 1.43 bits per heavy atom. The van der Waals surface area contributed by atoms with Gasteiger partial charge in [-0.25, -0.2) is 17.1 Å².